The first-order chi connectivity index (χ1) is 21.6. The molecule has 47 heavy (non-hydrogen) atoms. The van der Waals surface area contributed by atoms with Crippen LogP contribution in [0.25, 0.3) is 33.4 Å². The van der Waals surface area contributed by atoms with Crippen molar-refractivity contribution in [3.05, 3.63) is 129 Å². The molecule has 1 saturated carbocycles. The molecule has 0 heterocycles. The summed E-state index contributed by atoms with van der Waals surface area (Å²) in [7, 11) is 0. The van der Waals surface area contributed by atoms with Crippen LogP contribution in [-0.4, -0.2) is 3.21 Å². The summed E-state index contributed by atoms with van der Waals surface area (Å²) in [6, 6.07) is 33.0. The molecular formula is C44H48Cl2Zr. The fourth-order valence-electron chi connectivity index (χ4n) is 8.12. The van der Waals surface area contributed by atoms with E-state index in [0.717, 1.165) is 6.42 Å². The van der Waals surface area contributed by atoms with E-state index in [0.29, 0.717) is 3.63 Å². The van der Waals surface area contributed by atoms with Gasteiger partial charge >= 0.3 is 281 Å². The van der Waals surface area contributed by atoms with Crippen molar-refractivity contribution in [2.24, 2.45) is 0 Å². The summed E-state index contributed by atoms with van der Waals surface area (Å²) in [4.78, 5) is 0. The van der Waals surface area contributed by atoms with E-state index < -0.39 is 21.3 Å². The van der Waals surface area contributed by atoms with Crippen LogP contribution in [0, 0.1) is 0 Å². The average Bonchev–Trinajstić information content (AvgIpc) is 3.67. The Hall–Kier alpha value is -2.31. The Labute approximate surface area is 303 Å². The van der Waals surface area contributed by atoms with Crippen LogP contribution in [0.3, 0.4) is 0 Å². The Kier molecular flexibility index (Phi) is 10.9. The zero-order valence-corrected chi connectivity index (χ0v) is 32.9. The third kappa shape index (κ3) is 6.93. The van der Waals surface area contributed by atoms with E-state index in [4.69, 9.17) is 0 Å². The molecule has 4 aromatic rings. The van der Waals surface area contributed by atoms with Gasteiger partial charge in [0.05, 0.1) is 0 Å². The first kappa shape index (κ1) is 36.0. The van der Waals surface area contributed by atoms with Crippen molar-refractivity contribution in [3.63, 3.8) is 0 Å². The van der Waals surface area contributed by atoms with Gasteiger partial charge in [0.15, 0.2) is 0 Å². The van der Waals surface area contributed by atoms with Crippen molar-refractivity contribution < 1.29 is 46.1 Å². The van der Waals surface area contributed by atoms with Gasteiger partial charge in [-0.3, -0.25) is 0 Å². The number of hydrogen-bond acceptors (Lipinski definition) is 0. The van der Waals surface area contributed by atoms with Gasteiger partial charge in [-0.15, -0.1) is 0 Å². The topological polar surface area (TPSA) is 0 Å². The number of fused-ring (bicyclic) bond motifs is 3. The molecule has 7 rings (SSSR count). The molecule has 0 aromatic heterocycles. The van der Waals surface area contributed by atoms with E-state index in [1.54, 1.807) is 14.4 Å². The minimum Gasteiger partial charge on any atom is -1.00 e. The average molecular weight is 739 g/mol. The summed E-state index contributed by atoms with van der Waals surface area (Å²) >= 11 is -2.34. The molecule has 0 N–H and O–H groups in total. The maximum absolute atomic E-state index is 2.67. The first-order valence-electron chi connectivity index (χ1n) is 17.2. The van der Waals surface area contributed by atoms with Crippen molar-refractivity contribution in [2.75, 3.05) is 0 Å². The molecule has 3 heteroatoms. The molecular weight excluding hydrogens is 691 g/mol. The second-order valence-corrected chi connectivity index (χ2v) is 22.3. The van der Waals surface area contributed by atoms with Crippen molar-refractivity contribution in [3.8, 4) is 33.4 Å². The second kappa shape index (κ2) is 14.3. The zero-order chi connectivity index (χ0) is 31.3. The summed E-state index contributed by atoms with van der Waals surface area (Å²) in [6.45, 7) is 14.3. The number of allylic oxidation sites excluding steroid dienone is 4. The van der Waals surface area contributed by atoms with Crippen molar-refractivity contribution in [2.45, 2.75) is 94.5 Å². The monoisotopic (exact) mass is 736 g/mol. The van der Waals surface area contributed by atoms with Gasteiger partial charge in [0.2, 0.25) is 0 Å². The molecule has 4 aromatic carbocycles. The van der Waals surface area contributed by atoms with Gasteiger partial charge in [-0.25, -0.2) is 0 Å². The van der Waals surface area contributed by atoms with Crippen LogP contribution in [0.5, 0.6) is 0 Å². The van der Waals surface area contributed by atoms with Gasteiger partial charge in [-0.1, -0.05) is 0 Å². The maximum Gasteiger partial charge on any atom is -1.00 e. The molecule has 0 radical (unpaired) electrons. The summed E-state index contributed by atoms with van der Waals surface area (Å²) in [5.41, 5.74) is 14.8. The minimum absolute atomic E-state index is 0. The molecule has 0 amide bonds. The third-order valence-electron chi connectivity index (χ3n) is 10.3. The van der Waals surface area contributed by atoms with Gasteiger partial charge in [0.25, 0.3) is 0 Å². The third-order valence-corrected chi connectivity index (χ3v) is 19.0. The van der Waals surface area contributed by atoms with Crippen molar-refractivity contribution in [1.29, 1.82) is 0 Å². The number of halogens is 2. The van der Waals surface area contributed by atoms with Crippen LogP contribution in [0.4, 0.5) is 0 Å². The molecule has 0 atom stereocenters. The van der Waals surface area contributed by atoms with E-state index in [1.807, 2.05) is 3.21 Å². The molecule has 1 fully saturated rings. The standard InChI is InChI=1S/C33H33.C6H10.C5H5.2ClH.Zr/c1-32(2,3)30-20-26-24(18-28(30)22-13-9-7-10-14-22)17-25-19-29(23-15-11-8-12-16-23)31(21-27(25)26)33(4,5)6;1-2-4-6-5-3-1;1-2-4-5-3-1;;;/h7-21H,1-6H3;1-5H2;1-3H,4H2;2*1H;/q;;;;;+2/p-2. The van der Waals surface area contributed by atoms with Crippen molar-refractivity contribution >= 4 is 3.21 Å². The van der Waals surface area contributed by atoms with Crippen molar-refractivity contribution in [1.82, 2.24) is 0 Å². The van der Waals surface area contributed by atoms with E-state index in [9.17, 15) is 0 Å². The molecule has 0 saturated heterocycles. The Bertz CT molecular complexity index is 1730. The van der Waals surface area contributed by atoms with Gasteiger partial charge in [-0.05, 0) is 0 Å². The summed E-state index contributed by atoms with van der Waals surface area (Å²) in [5.74, 6) is 0. The number of hydrogen-bond donors (Lipinski definition) is 0. The van der Waals surface area contributed by atoms with E-state index in [1.165, 1.54) is 76.6 Å². The minimum atomic E-state index is -2.34. The second-order valence-electron chi connectivity index (χ2n) is 15.5. The van der Waals surface area contributed by atoms with Gasteiger partial charge in [-0.2, -0.15) is 0 Å². The Morgan fingerprint density at radius 1 is 0.574 bits per heavy atom. The summed E-state index contributed by atoms with van der Waals surface area (Å²) < 4.78 is 4.30. The van der Waals surface area contributed by atoms with Gasteiger partial charge < -0.3 is 24.8 Å². The molecule has 0 spiro atoms. The fraction of sp³-hybridized carbons (Fsp3) is 0.341. The molecule has 3 aliphatic carbocycles. The fourth-order valence-corrected chi connectivity index (χ4v) is 17.6. The van der Waals surface area contributed by atoms with E-state index >= 15 is 0 Å². The Morgan fingerprint density at radius 2 is 1.04 bits per heavy atom. The smallest absolute Gasteiger partial charge is 1.00 e. The number of benzene rings is 4. The summed E-state index contributed by atoms with van der Waals surface area (Å²) in [5, 5.41) is 0. The van der Waals surface area contributed by atoms with Gasteiger partial charge in [0.1, 0.15) is 0 Å². The molecule has 3 aliphatic rings. The summed E-state index contributed by atoms with van der Waals surface area (Å²) in [6.07, 6.45) is 15.3. The SMILES string of the molecule is CC(C)(C)c1cc2c(cc1-c1ccccc1)[CH]([Zr+2]([C]1=CC=CC1)=[C]1CCCCC1)c1cc(-c3ccccc3)c(C(C)(C)C)cc1-2.[Cl-].[Cl-]. The largest absolute Gasteiger partial charge is 1.00 e. The van der Waals surface area contributed by atoms with Crippen LogP contribution in [0.1, 0.15) is 106 Å². The molecule has 0 aliphatic heterocycles. The van der Waals surface area contributed by atoms with Crippen LogP contribution in [-0.2, 0) is 32.1 Å². The van der Waals surface area contributed by atoms with Crippen LogP contribution in [0.2, 0.25) is 0 Å². The molecule has 242 valence electrons. The molecule has 0 unspecified atom stereocenters. The van der Waals surface area contributed by atoms with Crippen LogP contribution >= 0.6 is 0 Å². The van der Waals surface area contributed by atoms with E-state index in [-0.39, 0.29) is 35.6 Å². The predicted octanol–water partition coefficient (Wildman–Crippen LogP) is 6.29. The molecule has 0 nitrogen and oxygen atoms in total. The van der Waals surface area contributed by atoms with Crippen LogP contribution in [0.15, 0.2) is 106 Å². The normalized spacial score (nSPS) is 15.6. The Balaban J connectivity index is 0.00000217. The maximum atomic E-state index is 2.67. The number of rotatable bonds is 4. The Morgan fingerprint density at radius 3 is 1.45 bits per heavy atom. The van der Waals surface area contributed by atoms with Crippen LogP contribution < -0.4 is 24.8 Å². The predicted molar refractivity (Wildman–Crippen MR) is 192 cm³/mol. The van der Waals surface area contributed by atoms with Gasteiger partial charge in [0, 0.05) is 0 Å². The molecule has 0 bridgehead atoms. The van der Waals surface area contributed by atoms with E-state index in [2.05, 4.69) is 145 Å². The quantitative estimate of drug-likeness (QED) is 0.231. The zero-order valence-electron chi connectivity index (χ0n) is 28.9. The first-order valence-corrected chi connectivity index (χ1v) is 21.0.